The molecule has 0 bridgehead atoms. The molecule has 1 aromatic heterocycles. The molecule has 0 saturated carbocycles. The molecule has 108 valence electrons. The van der Waals surface area contributed by atoms with Gasteiger partial charge in [-0.2, -0.15) is 4.39 Å². The monoisotopic (exact) mass is 361 g/mol. The van der Waals surface area contributed by atoms with E-state index in [0.717, 1.165) is 15.8 Å². The highest BCUT2D eigenvalue weighted by molar-refractivity contribution is 9.10. The molecule has 2 rings (SSSR count). The van der Waals surface area contributed by atoms with Gasteiger partial charge in [0.1, 0.15) is 6.10 Å². The lowest BCUT2D eigenvalue weighted by atomic mass is 10.1. The fourth-order valence-corrected chi connectivity index (χ4v) is 3.22. The first kappa shape index (κ1) is 15.4. The van der Waals surface area contributed by atoms with E-state index in [-0.39, 0.29) is 11.8 Å². The van der Waals surface area contributed by atoms with Crippen LogP contribution in [0.25, 0.3) is 0 Å². The van der Waals surface area contributed by atoms with E-state index in [1.54, 1.807) is 6.92 Å². The Labute approximate surface area is 128 Å². The van der Waals surface area contributed by atoms with Gasteiger partial charge >= 0.3 is 0 Å². The maximum Gasteiger partial charge on any atom is 0.200 e. The van der Waals surface area contributed by atoms with E-state index in [2.05, 4.69) is 15.9 Å². The molecular weight excluding hydrogens is 348 g/mol. The maximum absolute atomic E-state index is 13.8. The van der Waals surface area contributed by atoms with Gasteiger partial charge in [-0.3, -0.25) is 0 Å². The topological polar surface area (TPSA) is 35.2 Å². The van der Waals surface area contributed by atoms with Gasteiger partial charge in [0.05, 0.1) is 0 Å². The molecule has 0 aliphatic heterocycles. The first-order chi connectivity index (χ1) is 9.38. The van der Waals surface area contributed by atoms with Crippen molar-refractivity contribution in [2.45, 2.75) is 26.0 Å². The van der Waals surface area contributed by atoms with Crippen molar-refractivity contribution in [3.05, 3.63) is 50.1 Å². The van der Waals surface area contributed by atoms with Gasteiger partial charge in [-0.1, -0.05) is 15.9 Å². The molecule has 2 aromatic rings. The predicted octanol–water partition coefficient (Wildman–Crippen LogP) is 4.56. The molecule has 6 heteroatoms. The zero-order chi connectivity index (χ0) is 14.9. The Morgan fingerprint density at radius 3 is 2.55 bits per heavy atom. The Hall–Kier alpha value is -0.980. The Balaban J connectivity index is 2.34. The second-order valence-corrected chi connectivity index (χ2v) is 6.78. The van der Waals surface area contributed by atoms with Crippen LogP contribution >= 0.6 is 27.3 Å². The maximum atomic E-state index is 13.8. The number of benzene rings is 1. The molecule has 2 unspecified atom stereocenters. The van der Waals surface area contributed by atoms with Gasteiger partial charge in [-0.15, -0.1) is 11.3 Å². The number of halogens is 3. The van der Waals surface area contributed by atoms with E-state index >= 15 is 0 Å². The van der Waals surface area contributed by atoms with Gasteiger partial charge in [0.25, 0.3) is 0 Å². The van der Waals surface area contributed by atoms with Gasteiger partial charge in [0.2, 0.25) is 5.82 Å². The molecule has 1 heterocycles. The number of ether oxygens (including phenoxy) is 1. The summed E-state index contributed by atoms with van der Waals surface area (Å²) in [6.45, 7) is 3.73. The summed E-state index contributed by atoms with van der Waals surface area (Å²) >= 11 is 4.64. The summed E-state index contributed by atoms with van der Waals surface area (Å²) in [4.78, 5) is 1.99. The van der Waals surface area contributed by atoms with Crippen LogP contribution in [-0.2, 0) is 0 Å². The van der Waals surface area contributed by atoms with E-state index in [0.29, 0.717) is 4.47 Å². The van der Waals surface area contributed by atoms with Crippen LogP contribution in [0.15, 0.2) is 28.7 Å². The molecule has 2 atom stereocenters. The second kappa shape index (κ2) is 6.20. The number of thiophene rings is 1. The normalized spacial score (nSPS) is 14.1. The minimum absolute atomic E-state index is 0.148. The fraction of sp³-hybridized carbons (Fsp3) is 0.286. The van der Waals surface area contributed by atoms with Crippen LogP contribution < -0.4 is 10.5 Å². The van der Waals surface area contributed by atoms with Gasteiger partial charge < -0.3 is 10.5 Å². The number of nitrogens with two attached hydrogens (primary N) is 1. The molecule has 20 heavy (non-hydrogen) atoms. The third kappa shape index (κ3) is 3.37. The highest BCUT2D eigenvalue weighted by Crippen LogP contribution is 2.33. The average molecular weight is 362 g/mol. The predicted molar refractivity (Wildman–Crippen MR) is 80.1 cm³/mol. The zero-order valence-electron chi connectivity index (χ0n) is 11.0. The quantitative estimate of drug-likeness (QED) is 0.809. The van der Waals surface area contributed by atoms with Crippen LogP contribution in [0.3, 0.4) is 0 Å². The van der Waals surface area contributed by atoms with E-state index in [1.165, 1.54) is 17.4 Å². The van der Waals surface area contributed by atoms with Crippen molar-refractivity contribution in [1.82, 2.24) is 0 Å². The standard InChI is InChI=1S/C14H14BrF2NOS/c1-7-3-4-12(20-7)14(8(2)18)19-11-6-9(15)5-10(16)13(11)17/h3-6,8,14H,18H2,1-2H3. The SMILES string of the molecule is Cc1ccc(C(Oc2cc(Br)cc(F)c2F)C(C)N)s1. The van der Waals surface area contributed by atoms with Crippen LogP contribution in [0, 0.1) is 18.6 Å². The molecule has 0 aliphatic carbocycles. The molecule has 0 fully saturated rings. The lowest BCUT2D eigenvalue weighted by molar-refractivity contribution is 0.174. The molecule has 2 nitrogen and oxygen atoms in total. The smallest absolute Gasteiger partial charge is 0.200 e. The third-order valence-corrected chi connectivity index (χ3v) is 4.25. The third-order valence-electron chi connectivity index (χ3n) is 2.73. The summed E-state index contributed by atoms with van der Waals surface area (Å²) in [5.74, 6) is -2.11. The zero-order valence-corrected chi connectivity index (χ0v) is 13.4. The molecule has 0 saturated heterocycles. The van der Waals surface area contributed by atoms with E-state index < -0.39 is 17.7 Å². The molecule has 0 aliphatic rings. The lowest BCUT2D eigenvalue weighted by Crippen LogP contribution is -2.28. The van der Waals surface area contributed by atoms with Crippen molar-refractivity contribution in [1.29, 1.82) is 0 Å². The van der Waals surface area contributed by atoms with Gasteiger partial charge in [-0.05, 0) is 38.1 Å². The minimum Gasteiger partial charge on any atom is -0.480 e. The van der Waals surface area contributed by atoms with Crippen molar-refractivity contribution in [2.75, 3.05) is 0 Å². The first-order valence-corrected chi connectivity index (χ1v) is 7.62. The van der Waals surface area contributed by atoms with Crippen molar-refractivity contribution in [2.24, 2.45) is 5.73 Å². The van der Waals surface area contributed by atoms with Crippen molar-refractivity contribution in [3.63, 3.8) is 0 Å². The molecule has 2 N–H and O–H groups in total. The van der Waals surface area contributed by atoms with Crippen LogP contribution in [0.4, 0.5) is 8.78 Å². The van der Waals surface area contributed by atoms with Crippen LogP contribution in [-0.4, -0.2) is 6.04 Å². The van der Waals surface area contributed by atoms with Crippen molar-refractivity contribution >= 4 is 27.3 Å². The summed E-state index contributed by atoms with van der Waals surface area (Å²) in [6.07, 6.45) is -0.517. The number of hydrogen-bond acceptors (Lipinski definition) is 3. The summed E-state index contributed by atoms with van der Waals surface area (Å²) in [5, 5.41) is 0. The lowest BCUT2D eigenvalue weighted by Gasteiger charge is -2.22. The van der Waals surface area contributed by atoms with E-state index in [9.17, 15) is 8.78 Å². The highest BCUT2D eigenvalue weighted by Gasteiger charge is 2.23. The van der Waals surface area contributed by atoms with Crippen LogP contribution in [0.1, 0.15) is 22.8 Å². The van der Waals surface area contributed by atoms with E-state index in [1.807, 2.05) is 19.1 Å². The number of hydrogen-bond donors (Lipinski definition) is 1. The Kier molecular flexibility index (Phi) is 4.78. The Morgan fingerprint density at radius 1 is 1.30 bits per heavy atom. The molecular formula is C14H14BrF2NOS. The average Bonchev–Trinajstić information content (AvgIpc) is 2.77. The molecule has 0 spiro atoms. The van der Waals surface area contributed by atoms with Crippen LogP contribution in [0.5, 0.6) is 5.75 Å². The van der Waals surface area contributed by atoms with Crippen molar-refractivity contribution in [3.8, 4) is 5.75 Å². The molecule has 1 aromatic carbocycles. The fourth-order valence-electron chi connectivity index (χ4n) is 1.79. The van der Waals surface area contributed by atoms with Crippen LogP contribution in [0.2, 0.25) is 0 Å². The largest absolute Gasteiger partial charge is 0.480 e. The minimum atomic E-state index is -1.01. The first-order valence-electron chi connectivity index (χ1n) is 6.01. The Bertz CT molecular complexity index is 615. The van der Waals surface area contributed by atoms with E-state index in [4.69, 9.17) is 10.5 Å². The molecule has 0 radical (unpaired) electrons. The second-order valence-electron chi connectivity index (χ2n) is 4.55. The summed E-state index contributed by atoms with van der Waals surface area (Å²) in [5.41, 5.74) is 5.91. The number of rotatable bonds is 4. The Morgan fingerprint density at radius 2 is 2.00 bits per heavy atom. The summed E-state index contributed by atoms with van der Waals surface area (Å²) < 4.78 is 33.2. The number of aryl methyl sites for hydroxylation is 1. The van der Waals surface area contributed by atoms with Crippen molar-refractivity contribution < 1.29 is 13.5 Å². The summed E-state index contributed by atoms with van der Waals surface area (Å²) in [6, 6.07) is 5.93. The summed E-state index contributed by atoms with van der Waals surface area (Å²) in [7, 11) is 0. The molecule has 0 amide bonds. The van der Waals surface area contributed by atoms with Gasteiger partial charge in [0, 0.05) is 20.3 Å². The highest BCUT2D eigenvalue weighted by atomic mass is 79.9. The van der Waals surface area contributed by atoms with Gasteiger partial charge in [-0.25, -0.2) is 4.39 Å². The van der Waals surface area contributed by atoms with Gasteiger partial charge in [0.15, 0.2) is 11.6 Å².